The van der Waals surface area contributed by atoms with Crippen molar-refractivity contribution in [1.82, 2.24) is 9.88 Å². The molecule has 18 heavy (non-hydrogen) atoms. The minimum atomic E-state index is -0.0201. The molecule has 4 nitrogen and oxygen atoms in total. The molecule has 2 atom stereocenters. The van der Waals surface area contributed by atoms with Gasteiger partial charge in [0, 0.05) is 18.9 Å². The second-order valence-electron chi connectivity index (χ2n) is 4.76. The monoisotopic (exact) mass is 266 g/mol. The Hall–Kier alpha value is -1.13. The molecular weight excluding hydrogens is 252 g/mol. The predicted octanol–water partition coefficient (Wildman–Crippen LogP) is 2.13. The van der Waals surface area contributed by atoms with Crippen LogP contribution >= 0.6 is 11.6 Å². The van der Waals surface area contributed by atoms with Crippen molar-refractivity contribution in [2.75, 3.05) is 13.2 Å². The van der Waals surface area contributed by atoms with Crippen LogP contribution < -0.4 is 0 Å². The topological polar surface area (TPSA) is 42.4 Å². The van der Waals surface area contributed by atoms with E-state index in [1.54, 1.807) is 18.5 Å². The number of carbonyl (C=O) groups excluding carboxylic acids is 1. The van der Waals surface area contributed by atoms with Gasteiger partial charge in [-0.15, -0.1) is 0 Å². The largest absolute Gasteiger partial charge is 0.374 e. The Kier molecular flexibility index (Phi) is 3.22. The number of halogens is 1. The van der Waals surface area contributed by atoms with Gasteiger partial charge in [0.25, 0.3) is 5.91 Å². The number of carbonyl (C=O) groups is 1. The molecule has 0 bridgehead atoms. The highest BCUT2D eigenvalue weighted by Gasteiger charge is 2.38. The molecule has 0 radical (unpaired) electrons. The van der Waals surface area contributed by atoms with E-state index in [1.807, 2.05) is 4.90 Å². The van der Waals surface area contributed by atoms with Gasteiger partial charge < -0.3 is 9.64 Å². The lowest BCUT2D eigenvalue weighted by Gasteiger charge is -2.37. The molecule has 5 heteroatoms. The van der Waals surface area contributed by atoms with E-state index in [0.717, 1.165) is 19.3 Å². The van der Waals surface area contributed by atoms with Gasteiger partial charge in [-0.05, 0) is 25.3 Å². The fourth-order valence-electron chi connectivity index (χ4n) is 2.87. The number of amides is 1. The summed E-state index contributed by atoms with van der Waals surface area (Å²) in [5.41, 5.74) is 0.492. The van der Waals surface area contributed by atoms with Crippen molar-refractivity contribution in [2.45, 2.75) is 31.4 Å². The van der Waals surface area contributed by atoms with Crippen molar-refractivity contribution in [3.05, 3.63) is 29.0 Å². The predicted molar refractivity (Wildman–Crippen MR) is 67.7 cm³/mol. The second kappa shape index (κ2) is 4.86. The summed E-state index contributed by atoms with van der Waals surface area (Å²) < 4.78 is 5.71. The SMILES string of the molecule is O=C(c1cnccc1Cl)N1CCOC2CCCC21. The highest BCUT2D eigenvalue weighted by Crippen LogP contribution is 2.31. The van der Waals surface area contributed by atoms with Crippen LogP contribution in [0.3, 0.4) is 0 Å². The summed E-state index contributed by atoms with van der Waals surface area (Å²) in [6, 6.07) is 1.86. The lowest BCUT2D eigenvalue weighted by molar-refractivity contribution is -0.0445. The van der Waals surface area contributed by atoms with Crippen molar-refractivity contribution in [3.8, 4) is 0 Å². The van der Waals surface area contributed by atoms with Crippen molar-refractivity contribution in [3.63, 3.8) is 0 Å². The summed E-state index contributed by atoms with van der Waals surface area (Å²) in [6.07, 6.45) is 6.54. The Balaban J connectivity index is 1.86. The van der Waals surface area contributed by atoms with E-state index < -0.39 is 0 Å². The third-order valence-electron chi connectivity index (χ3n) is 3.74. The maximum atomic E-state index is 12.5. The normalized spacial score (nSPS) is 27.1. The first-order valence-electron chi connectivity index (χ1n) is 6.29. The van der Waals surface area contributed by atoms with Crippen LogP contribution in [-0.2, 0) is 4.74 Å². The number of hydrogen-bond acceptors (Lipinski definition) is 3. The fraction of sp³-hybridized carbons (Fsp3) is 0.538. The van der Waals surface area contributed by atoms with Crippen LogP contribution in [0.15, 0.2) is 18.5 Å². The Morgan fingerprint density at radius 2 is 2.39 bits per heavy atom. The lowest BCUT2D eigenvalue weighted by atomic mass is 10.1. The molecule has 2 aliphatic rings. The van der Waals surface area contributed by atoms with Crippen LogP contribution in [0.1, 0.15) is 29.6 Å². The van der Waals surface area contributed by atoms with E-state index in [-0.39, 0.29) is 18.1 Å². The molecule has 1 aromatic rings. The van der Waals surface area contributed by atoms with Crippen molar-refractivity contribution in [2.24, 2.45) is 0 Å². The van der Waals surface area contributed by atoms with Gasteiger partial charge in [0.2, 0.25) is 0 Å². The quantitative estimate of drug-likeness (QED) is 0.782. The van der Waals surface area contributed by atoms with Gasteiger partial charge in [0.1, 0.15) is 0 Å². The first kappa shape index (κ1) is 11.9. The molecule has 1 aromatic heterocycles. The third-order valence-corrected chi connectivity index (χ3v) is 4.07. The van der Waals surface area contributed by atoms with Gasteiger partial charge in [-0.2, -0.15) is 0 Å². The highest BCUT2D eigenvalue weighted by molar-refractivity contribution is 6.33. The zero-order valence-corrected chi connectivity index (χ0v) is 10.8. The van der Waals surface area contributed by atoms with Crippen LogP contribution in [0.2, 0.25) is 5.02 Å². The van der Waals surface area contributed by atoms with Crippen LogP contribution in [0, 0.1) is 0 Å². The maximum Gasteiger partial charge on any atom is 0.257 e. The minimum Gasteiger partial charge on any atom is -0.374 e. The van der Waals surface area contributed by atoms with Crippen LogP contribution in [0.5, 0.6) is 0 Å². The maximum absolute atomic E-state index is 12.5. The molecule has 2 unspecified atom stereocenters. The van der Waals surface area contributed by atoms with E-state index in [9.17, 15) is 4.79 Å². The Morgan fingerprint density at radius 1 is 1.50 bits per heavy atom. The molecule has 0 aromatic carbocycles. The standard InChI is InChI=1S/C13H15ClN2O2/c14-10-4-5-15-8-9(10)13(17)16-6-7-18-12-3-1-2-11(12)16/h4-5,8,11-12H,1-3,6-7H2. The van der Waals surface area contributed by atoms with Crippen LogP contribution in [-0.4, -0.2) is 41.1 Å². The van der Waals surface area contributed by atoms with E-state index in [2.05, 4.69) is 4.98 Å². The molecule has 0 spiro atoms. The molecule has 1 saturated carbocycles. The van der Waals surface area contributed by atoms with Gasteiger partial charge in [-0.3, -0.25) is 9.78 Å². The zero-order chi connectivity index (χ0) is 12.5. The molecule has 1 saturated heterocycles. The molecule has 1 aliphatic carbocycles. The molecule has 0 N–H and O–H groups in total. The van der Waals surface area contributed by atoms with Gasteiger partial charge in [-0.25, -0.2) is 0 Å². The van der Waals surface area contributed by atoms with Gasteiger partial charge in [-0.1, -0.05) is 11.6 Å². The molecule has 1 amide bonds. The van der Waals surface area contributed by atoms with Gasteiger partial charge in [0.05, 0.1) is 29.3 Å². The molecule has 3 rings (SSSR count). The van der Waals surface area contributed by atoms with Crippen molar-refractivity contribution < 1.29 is 9.53 Å². The summed E-state index contributed by atoms with van der Waals surface area (Å²) in [4.78, 5) is 18.4. The second-order valence-corrected chi connectivity index (χ2v) is 5.17. The molecule has 1 aliphatic heterocycles. The number of hydrogen-bond donors (Lipinski definition) is 0. The van der Waals surface area contributed by atoms with E-state index in [4.69, 9.17) is 16.3 Å². The third kappa shape index (κ3) is 1.99. The zero-order valence-electron chi connectivity index (χ0n) is 10.0. The van der Waals surface area contributed by atoms with Crippen LogP contribution in [0.25, 0.3) is 0 Å². The van der Waals surface area contributed by atoms with E-state index >= 15 is 0 Å². The fourth-order valence-corrected chi connectivity index (χ4v) is 3.05. The summed E-state index contributed by atoms with van der Waals surface area (Å²) in [6.45, 7) is 1.26. The van der Waals surface area contributed by atoms with Crippen molar-refractivity contribution in [1.29, 1.82) is 0 Å². The van der Waals surface area contributed by atoms with Crippen molar-refractivity contribution >= 4 is 17.5 Å². The van der Waals surface area contributed by atoms with E-state index in [0.29, 0.717) is 23.7 Å². The average Bonchev–Trinajstić information content (AvgIpc) is 2.86. The lowest BCUT2D eigenvalue weighted by Crippen LogP contribution is -2.51. The number of fused-ring (bicyclic) bond motifs is 1. The average molecular weight is 267 g/mol. The van der Waals surface area contributed by atoms with E-state index in [1.165, 1.54) is 0 Å². The molecule has 2 fully saturated rings. The summed E-state index contributed by atoms with van der Waals surface area (Å²) in [5.74, 6) is -0.0201. The summed E-state index contributed by atoms with van der Waals surface area (Å²) in [7, 11) is 0. The Morgan fingerprint density at radius 3 is 3.22 bits per heavy atom. The summed E-state index contributed by atoms with van der Waals surface area (Å²) in [5, 5.41) is 0.469. The number of ether oxygens (including phenoxy) is 1. The number of rotatable bonds is 1. The smallest absolute Gasteiger partial charge is 0.257 e. The first-order chi connectivity index (χ1) is 8.77. The summed E-state index contributed by atoms with van der Waals surface area (Å²) >= 11 is 6.06. The first-order valence-corrected chi connectivity index (χ1v) is 6.67. The Bertz CT molecular complexity index is 466. The highest BCUT2D eigenvalue weighted by atomic mass is 35.5. The number of morpholine rings is 1. The molecular formula is C13H15ClN2O2. The van der Waals surface area contributed by atoms with Crippen LogP contribution in [0.4, 0.5) is 0 Å². The molecule has 96 valence electrons. The molecule has 2 heterocycles. The Labute approximate surface area is 111 Å². The number of aromatic nitrogens is 1. The van der Waals surface area contributed by atoms with Gasteiger partial charge >= 0.3 is 0 Å². The minimum absolute atomic E-state index is 0.0201. The van der Waals surface area contributed by atoms with Gasteiger partial charge in [0.15, 0.2) is 0 Å². The number of pyridine rings is 1. The number of nitrogens with zero attached hydrogens (tertiary/aromatic N) is 2.